The Morgan fingerprint density at radius 1 is 1.37 bits per heavy atom. The van der Waals surface area contributed by atoms with E-state index in [1.54, 1.807) is 12.1 Å². The number of nitrogens with two attached hydrogens (primary N) is 1. The molecule has 0 saturated carbocycles. The molecule has 106 valence electrons. The molecule has 8 heteroatoms. The molecule has 19 heavy (non-hydrogen) atoms. The smallest absolute Gasteiger partial charge is 0.269 e. The normalized spacial score (nSPS) is 9.53. The molecule has 0 saturated heterocycles. The molecule has 0 heterocycles. The van der Waals surface area contributed by atoms with E-state index in [1.807, 2.05) is 0 Å². The van der Waals surface area contributed by atoms with Crippen LogP contribution in [-0.4, -0.2) is 29.7 Å². The number of thioether (sulfide) groups is 1. The van der Waals surface area contributed by atoms with Crippen molar-refractivity contribution in [3.63, 3.8) is 0 Å². The lowest BCUT2D eigenvalue weighted by Gasteiger charge is -2.04. The first-order valence-electron chi connectivity index (χ1n) is 5.47. The molecule has 3 N–H and O–H groups in total. The summed E-state index contributed by atoms with van der Waals surface area (Å²) in [6, 6.07) is 6.12. The minimum Gasteiger partial charge on any atom is -0.355 e. The van der Waals surface area contributed by atoms with Crippen LogP contribution < -0.4 is 11.1 Å². The summed E-state index contributed by atoms with van der Waals surface area (Å²) in [6.45, 7) is 1.13. The summed E-state index contributed by atoms with van der Waals surface area (Å²) in [5.41, 5.74) is 5.35. The van der Waals surface area contributed by atoms with Gasteiger partial charge in [0.15, 0.2) is 0 Å². The fourth-order valence-corrected chi connectivity index (χ4v) is 1.92. The van der Waals surface area contributed by atoms with E-state index < -0.39 is 4.92 Å². The van der Waals surface area contributed by atoms with Crippen LogP contribution in [0, 0.1) is 10.1 Å². The van der Waals surface area contributed by atoms with Gasteiger partial charge in [-0.2, -0.15) is 0 Å². The molecular formula is C11H16ClN3O3S. The SMILES string of the molecule is Cl.NCCCNC(=O)CSc1ccc([N+](=O)[O-])cc1. The van der Waals surface area contributed by atoms with Gasteiger partial charge in [0.2, 0.25) is 5.91 Å². The number of carbonyl (C=O) groups is 1. The molecule has 1 amide bonds. The summed E-state index contributed by atoms with van der Waals surface area (Å²) >= 11 is 1.34. The summed E-state index contributed by atoms with van der Waals surface area (Å²) in [7, 11) is 0. The van der Waals surface area contributed by atoms with Gasteiger partial charge in [-0.25, -0.2) is 0 Å². The third-order valence-electron chi connectivity index (χ3n) is 2.12. The maximum Gasteiger partial charge on any atom is 0.269 e. The van der Waals surface area contributed by atoms with Gasteiger partial charge in [-0.3, -0.25) is 14.9 Å². The monoisotopic (exact) mass is 305 g/mol. The number of amides is 1. The van der Waals surface area contributed by atoms with Crippen molar-refractivity contribution < 1.29 is 9.72 Å². The summed E-state index contributed by atoms with van der Waals surface area (Å²) in [5.74, 6) is 0.231. The Balaban J connectivity index is 0.00000324. The molecule has 0 radical (unpaired) electrons. The van der Waals surface area contributed by atoms with Crippen LogP contribution in [0.2, 0.25) is 0 Å². The maximum atomic E-state index is 11.4. The molecule has 1 rings (SSSR count). The van der Waals surface area contributed by atoms with Gasteiger partial charge in [-0.1, -0.05) is 0 Å². The van der Waals surface area contributed by atoms with E-state index >= 15 is 0 Å². The van der Waals surface area contributed by atoms with Gasteiger partial charge in [0.25, 0.3) is 5.69 Å². The van der Waals surface area contributed by atoms with Gasteiger partial charge in [0.1, 0.15) is 0 Å². The number of hydrogen-bond donors (Lipinski definition) is 2. The largest absolute Gasteiger partial charge is 0.355 e. The number of rotatable bonds is 7. The Morgan fingerprint density at radius 3 is 2.53 bits per heavy atom. The molecule has 0 bridgehead atoms. The first-order valence-corrected chi connectivity index (χ1v) is 6.46. The lowest BCUT2D eigenvalue weighted by Crippen LogP contribution is -2.27. The zero-order valence-electron chi connectivity index (χ0n) is 10.2. The van der Waals surface area contributed by atoms with Crippen LogP contribution in [0.15, 0.2) is 29.2 Å². The lowest BCUT2D eigenvalue weighted by molar-refractivity contribution is -0.384. The Bertz CT molecular complexity index is 414. The van der Waals surface area contributed by atoms with Gasteiger partial charge in [-0.05, 0) is 25.1 Å². The number of nitrogens with zero attached hydrogens (tertiary/aromatic N) is 1. The number of non-ortho nitro benzene ring substituents is 1. The van der Waals surface area contributed by atoms with Crippen LogP contribution >= 0.6 is 24.2 Å². The molecule has 0 atom stereocenters. The zero-order chi connectivity index (χ0) is 13.4. The molecule has 0 aliphatic heterocycles. The predicted molar refractivity (Wildman–Crippen MR) is 77.7 cm³/mol. The van der Waals surface area contributed by atoms with E-state index in [-0.39, 0.29) is 24.0 Å². The minimum absolute atomic E-state index is 0. The Kier molecular flexibility index (Phi) is 8.94. The third kappa shape index (κ3) is 7.00. The van der Waals surface area contributed by atoms with E-state index in [2.05, 4.69) is 5.32 Å². The van der Waals surface area contributed by atoms with Crippen molar-refractivity contribution in [1.29, 1.82) is 0 Å². The second-order valence-electron chi connectivity index (χ2n) is 3.53. The van der Waals surface area contributed by atoms with E-state index in [0.29, 0.717) is 18.8 Å². The molecule has 6 nitrogen and oxygen atoms in total. The molecule has 0 aliphatic rings. The van der Waals surface area contributed by atoms with Crippen molar-refractivity contribution in [3.05, 3.63) is 34.4 Å². The van der Waals surface area contributed by atoms with Crippen molar-refractivity contribution in [3.8, 4) is 0 Å². The van der Waals surface area contributed by atoms with E-state index in [0.717, 1.165) is 11.3 Å². The zero-order valence-corrected chi connectivity index (χ0v) is 11.8. The molecule has 1 aromatic carbocycles. The number of halogens is 1. The van der Waals surface area contributed by atoms with E-state index in [1.165, 1.54) is 23.9 Å². The lowest BCUT2D eigenvalue weighted by atomic mass is 10.3. The number of carbonyl (C=O) groups excluding carboxylic acids is 1. The van der Waals surface area contributed by atoms with Crippen LogP contribution in [0.3, 0.4) is 0 Å². The van der Waals surface area contributed by atoms with Crippen molar-refractivity contribution in [2.75, 3.05) is 18.8 Å². The van der Waals surface area contributed by atoms with Crippen molar-refractivity contribution >= 4 is 35.8 Å². The minimum atomic E-state index is -0.450. The summed E-state index contributed by atoms with van der Waals surface area (Å²) in [5, 5.41) is 13.2. The first kappa shape index (κ1) is 17.7. The van der Waals surface area contributed by atoms with E-state index in [4.69, 9.17) is 5.73 Å². The predicted octanol–water partition coefficient (Wildman–Crippen LogP) is 1.57. The summed E-state index contributed by atoms with van der Waals surface area (Å²) in [4.78, 5) is 22.2. The van der Waals surface area contributed by atoms with Crippen molar-refractivity contribution in [2.45, 2.75) is 11.3 Å². The van der Waals surface area contributed by atoms with Gasteiger partial charge < -0.3 is 11.1 Å². The Morgan fingerprint density at radius 2 is 2.00 bits per heavy atom. The number of nitro groups is 1. The summed E-state index contributed by atoms with van der Waals surface area (Å²) < 4.78 is 0. The fraction of sp³-hybridized carbons (Fsp3) is 0.364. The maximum absolute atomic E-state index is 11.4. The molecule has 0 aromatic heterocycles. The second kappa shape index (κ2) is 9.60. The molecule has 0 unspecified atom stereocenters. The first-order chi connectivity index (χ1) is 8.63. The van der Waals surface area contributed by atoms with Crippen LogP contribution in [0.4, 0.5) is 5.69 Å². The van der Waals surface area contributed by atoms with Gasteiger partial charge in [0.05, 0.1) is 10.7 Å². The standard InChI is InChI=1S/C11H15N3O3S.ClH/c12-6-1-7-13-11(15)8-18-10-4-2-9(3-5-10)14(16)17;/h2-5H,1,6-8,12H2,(H,13,15);1H. The average Bonchev–Trinajstić information content (AvgIpc) is 2.37. The Labute approximate surface area is 121 Å². The Hall–Kier alpha value is -1.31. The van der Waals surface area contributed by atoms with Crippen molar-refractivity contribution in [2.24, 2.45) is 5.73 Å². The van der Waals surface area contributed by atoms with Crippen LogP contribution in [0.1, 0.15) is 6.42 Å². The molecule has 1 aromatic rings. The number of nitro benzene ring substituents is 1. The topological polar surface area (TPSA) is 98.3 Å². The van der Waals surface area contributed by atoms with Crippen LogP contribution in [0.5, 0.6) is 0 Å². The average molecular weight is 306 g/mol. The van der Waals surface area contributed by atoms with Crippen LogP contribution in [-0.2, 0) is 4.79 Å². The quantitative estimate of drug-likeness (QED) is 0.345. The summed E-state index contributed by atoms with van der Waals surface area (Å²) in [6.07, 6.45) is 0.758. The molecule has 0 spiro atoms. The van der Waals surface area contributed by atoms with Gasteiger partial charge in [0, 0.05) is 23.6 Å². The third-order valence-corrected chi connectivity index (χ3v) is 3.13. The van der Waals surface area contributed by atoms with Crippen molar-refractivity contribution in [1.82, 2.24) is 5.32 Å². The molecular weight excluding hydrogens is 290 g/mol. The van der Waals surface area contributed by atoms with Gasteiger partial charge >= 0.3 is 0 Å². The number of nitrogens with one attached hydrogen (secondary N) is 1. The highest BCUT2D eigenvalue weighted by molar-refractivity contribution is 8.00. The molecule has 0 aliphatic carbocycles. The number of hydrogen-bond acceptors (Lipinski definition) is 5. The number of benzene rings is 1. The van der Waals surface area contributed by atoms with Gasteiger partial charge in [-0.15, -0.1) is 24.2 Å². The fourth-order valence-electron chi connectivity index (χ4n) is 1.19. The second-order valence-corrected chi connectivity index (χ2v) is 4.58. The molecule has 0 fully saturated rings. The highest BCUT2D eigenvalue weighted by Gasteiger charge is 2.06. The highest BCUT2D eigenvalue weighted by atomic mass is 35.5. The van der Waals surface area contributed by atoms with E-state index in [9.17, 15) is 14.9 Å². The highest BCUT2D eigenvalue weighted by Crippen LogP contribution is 2.20. The van der Waals surface area contributed by atoms with Crippen LogP contribution in [0.25, 0.3) is 0 Å².